The minimum absolute atomic E-state index is 0.592. The quantitative estimate of drug-likeness (QED) is 0.753. The minimum Gasteiger partial charge on any atom is -0.493 e. The Morgan fingerprint density at radius 3 is 2.75 bits per heavy atom. The number of ether oxygens (including phenoxy) is 1. The number of halogens is 3. The number of aliphatic hydroxyl groups is 1. The molecular weight excluding hydrogens is 407 g/mol. The van der Waals surface area contributed by atoms with E-state index in [1.807, 2.05) is 18.2 Å². The van der Waals surface area contributed by atoms with E-state index in [0.29, 0.717) is 11.6 Å². The van der Waals surface area contributed by atoms with E-state index in [-0.39, 0.29) is 0 Å². The molecule has 1 aliphatic heterocycles. The average molecular weight is 419 g/mol. The standard InChI is InChI=1S/C15H11Br2ClO2/c16-9-5-8-3-4-20-15(8)12(6-9)14(19)11-7-10(18)1-2-13(11)17/h1-2,5-7,14,19H,3-4H2. The van der Waals surface area contributed by atoms with Crippen LogP contribution < -0.4 is 4.74 Å². The Balaban J connectivity index is 2.11. The Morgan fingerprint density at radius 1 is 1.15 bits per heavy atom. The Bertz CT molecular complexity index is 673. The zero-order valence-corrected chi connectivity index (χ0v) is 14.3. The van der Waals surface area contributed by atoms with E-state index in [2.05, 4.69) is 31.9 Å². The third-order valence-electron chi connectivity index (χ3n) is 3.32. The lowest BCUT2D eigenvalue weighted by Crippen LogP contribution is -2.03. The van der Waals surface area contributed by atoms with Crippen LogP contribution in [0.2, 0.25) is 5.02 Å². The summed E-state index contributed by atoms with van der Waals surface area (Å²) in [5.74, 6) is 0.785. The summed E-state index contributed by atoms with van der Waals surface area (Å²) in [7, 11) is 0. The molecule has 0 radical (unpaired) electrons. The topological polar surface area (TPSA) is 29.5 Å². The lowest BCUT2D eigenvalue weighted by atomic mass is 9.98. The van der Waals surface area contributed by atoms with Crippen molar-refractivity contribution in [3.63, 3.8) is 0 Å². The highest BCUT2D eigenvalue weighted by Crippen LogP contribution is 2.40. The van der Waals surface area contributed by atoms with Gasteiger partial charge in [0.2, 0.25) is 0 Å². The largest absolute Gasteiger partial charge is 0.493 e. The summed E-state index contributed by atoms with van der Waals surface area (Å²) in [4.78, 5) is 0. The first-order valence-electron chi connectivity index (χ1n) is 6.14. The van der Waals surface area contributed by atoms with E-state index in [1.165, 1.54) is 0 Å². The van der Waals surface area contributed by atoms with Crippen LogP contribution in [0.25, 0.3) is 0 Å². The second-order valence-electron chi connectivity index (χ2n) is 4.65. The first-order chi connectivity index (χ1) is 9.56. The van der Waals surface area contributed by atoms with E-state index in [0.717, 1.165) is 37.8 Å². The Morgan fingerprint density at radius 2 is 1.95 bits per heavy atom. The molecule has 0 bridgehead atoms. The highest BCUT2D eigenvalue weighted by atomic mass is 79.9. The van der Waals surface area contributed by atoms with Crippen molar-refractivity contribution in [2.24, 2.45) is 0 Å². The monoisotopic (exact) mass is 416 g/mol. The van der Waals surface area contributed by atoms with Gasteiger partial charge in [-0.05, 0) is 35.9 Å². The number of rotatable bonds is 2. The van der Waals surface area contributed by atoms with E-state index in [9.17, 15) is 5.11 Å². The fourth-order valence-electron chi connectivity index (χ4n) is 2.39. The van der Waals surface area contributed by atoms with Crippen molar-refractivity contribution in [3.8, 4) is 5.75 Å². The van der Waals surface area contributed by atoms with Gasteiger partial charge in [-0.15, -0.1) is 0 Å². The fraction of sp³-hybridized carbons (Fsp3) is 0.200. The van der Waals surface area contributed by atoms with Crippen LogP contribution in [0.15, 0.2) is 39.3 Å². The molecule has 3 rings (SSSR count). The summed E-state index contributed by atoms with van der Waals surface area (Å²) in [6.45, 7) is 0.655. The van der Waals surface area contributed by atoms with Crippen LogP contribution >= 0.6 is 43.5 Å². The molecule has 1 N–H and O–H groups in total. The van der Waals surface area contributed by atoms with Crippen LogP contribution in [0.1, 0.15) is 22.8 Å². The molecule has 0 spiro atoms. The molecule has 2 aromatic carbocycles. The van der Waals surface area contributed by atoms with E-state index < -0.39 is 6.10 Å². The first kappa shape index (κ1) is 14.4. The predicted molar refractivity (Wildman–Crippen MR) is 86.6 cm³/mol. The number of fused-ring (bicyclic) bond motifs is 1. The van der Waals surface area contributed by atoms with Crippen LogP contribution in [0.4, 0.5) is 0 Å². The molecule has 0 aliphatic carbocycles. The van der Waals surface area contributed by atoms with Crippen molar-refractivity contribution in [2.45, 2.75) is 12.5 Å². The second kappa shape index (κ2) is 5.68. The summed E-state index contributed by atoms with van der Waals surface area (Å²) in [5, 5.41) is 11.3. The molecule has 2 aromatic rings. The van der Waals surface area contributed by atoms with Gasteiger partial charge in [0.1, 0.15) is 11.9 Å². The summed E-state index contributed by atoms with van der Waals surface area (Å²) < 4.78 is 7.43. The molecule has 1 unspecified atom stereocenters. The van der Waals surface area contributed by atoms with Crippen molar-refractivity contribution < 1.29 is 9.84 Å². The van der Waals surface area contributed by atoms with Crippen LogP contribution in [-0.4, -0.2) is 11.7 Å². The van der Waals surface area contributed by atoms with Crippen molar-refractivity contribution in [2.75, 3.05) is 6.61 Å². The number of aliphatic hydroxyl groups excluding tert-OH is 1. The molecule has 1 atom stereocenters. The molecule has 104 valence electrons. The zero-order chi connectivity index (χ0) is 14.3. The van der Waals surface area contributed by atoms with Gasteiger partial charge < -0.3 is 9.84 Å². The Hall–Kier alpha value is -0.550. The highest BCUT2D eigenvalue weighted by molar-refractivity contribution is 9.10. The number of hydrogen-bond acceptors (Lipinski definition) is 2. The first-order valence-corrected chi connectivity index (χ1v) is 8.11. The van der Waals surface area contributed by atoms with Gasteiger partial charge in [-0.1, -0.05) is 43.5 Å². The third-order valence-corrected chi connectivity index (χ3v) is 4.74. The lowest BCUT2D eigenvalue weighted by molar-refractivity contribution is 0.213. The van der Waals surface area contributed by atoms with Gasteiger partial charge in [-0.3, -0.25) is 0 Å². The SMILES string of the molecule is OC(c1cc(Cl)ccc1Br)c1cc(Br)cc2c1OCC2. The maximum Gasteiger partial charge on any atom is 0.128 e. The van der Waals surface area contributed by atoms with E-state index in [1.54, 1.807) is 12.1 Å². The predicted octanol–water partition coefficient (Wildman–Crippen LogP) is 4.88. The molecule has 2 nitrogen and oxygen atoms in total. The fourth-order valence-corrected chi connectivity index (χ4v) is 3.56. The van der Waals surface area contributed by atoms with E-state index >= 15 is 0 Å². The molecule has 0 fully saturated rings. The maximum absolute atomic E-state index is 10.7. The zero-order valence-electron chi connectivity index (χ0n) is 10.4. The van der Waals surface area contributed by atoms with Crippen molar-refractivity contribution in [1.82, 2.24) is 0 Å². The maximum atomic E-state index is 10.7. The Labute approximate surface area is 139 Å². The Kier molecular flexibility index (Phi) is 4.09. The van der Waals surface area contributed by atoms with Crippen LogP contribution in [-0.2, 0) is 6.42 Å². The van der Waals surface area contributed by atoms with Crippen molar-refractivity contribution in [1.29, 1.82) is 0 Å². The van der Waals surface area contributed by atoms with Crippen molar-refractivity contribution in [3.05, 3.63) is 61.0 Å². The molecular formula is C15H11Br2ClO2. The third kappa shape index (κ3) is 2.62. The molecule has 5 heteroatoms. The highest BCUT2D eigenvalue weighted by Gasteiger charge is 2.24. The minimum atomic E-state index is -0.785. The van der Waals surface area contributed by atoms with Gasteiger partial charge in [-0.25, -0.2) is 0 Å². The lowest BCUT2D eigenvalue weighted by Gasteiger charge is -2.17. The van der Waals surface area contributed by atoms with Crippen LogP contribution in [0, 0.1) is 0 Å². The summed E-state index contributed by atoms with van der Waals surface area (Å²) in [6, 6.07) is 9.30. The van der Waals surface area contributed by atoms with Gasteiger partial charge in [0.05, 0.1) is 6.61 Å². The van der Waals surface area contributed by atoms with Crippen molar-refractivity contribution >= 4 is 43.5 Å². The number of hydrogen-bond donors (Lipinski definition) is 1. The molecule has 0 saturated heterocycles. The smallest absolute Gasteiger partial charge is 0.128 e. The normalized spacial score (nSPS) is 14.8. The van der Waals surface area contributed by atoms with Crippen LogP contribution in [0.5, 0.6) is 5.75 Å². The van der Waals surface area contributed by atoms with Crippen LogP contribution in [0.3, 0.4) is 0 Å². The van der Waals surface area contributed by atoms with Gasteiger partial charge in [0.25, 0.3) is 0 Å². The summed E-state index contributed by atoms with van der Waals surface area (Å²) in [6.07, 6.45) is 0.0815. The second-order valence-corrected chi connectivity index (χ2v) is 6.86. The molecule has 0 saturated carbocycles. The number of benzene rings is 2. The van der Waals surface area contributed by atoms with E-state index in [4.69, 9.17) is 16.3 Å². The molecule has 1 aliphatic rings. The summed E-state index contributed by atoms with van der Waals surface area (Å²) >= 11 is 13.0. The van der Waals surface area contributed by atoms with Gasteiger partial charge in [-0.2, -0.15) is 0 Å². The molecule has 20 heavy (non-hydrogen) atoms. The van der Waals surface area contributed by atoms with Gasteiger partial charge in [0.15, 0.2) is 0 Å². The average Bonchev–Trinajstić information content (AvgIpc) is 2.87. The molecule has 0 aromatic heterocycles. The van der Waals surface area contributed by atoms with Gasteiger partial charge >= 0.3 is 0 Å². The van der Waals surface area contributed by atoms with Gasteiger partial charge in [0, 0.05) is 31.5 Å². The molecule has 0 amide bonds. The summed E-state index contributed by atoms with van der Waals surface area (Å²) in [5.41, 5.74) is 2.61. The molecule has 1 heterocycles.